The summed E-state index contributed by atoms with van der Waals surface area (Å²) in [5.41, 5.74) is 2.55. The van der Waals surface area contributed by atoms with E-state index in [0.717, 1.165) is 41.4 Å². The third kappa shape index (κ3) is 2.81. The number of nitrogens with zero attached hydrogens (tertiary/aromatic N) is 3. The van der Waals surface area contributed by atoms with Gasteiger partial charge >= 0.3 is 0 Å². The topological polar surface area (TPSA) is 47.5 Å². The number of methoxy groups -OCH3 is 2. The monoisotopic (exact) mass is 349 g/mol. The van der Waals surface area contributed by atoms with Crippen LogP contribution in [0.5, 0.6) is 11.5 Å². The fourth-order valence-electron chi connectivity index (χ4n) is 2.58. The highest BCUT2D eigenvalue weighted by molar-refractivity contribution is 9.10. The van der Waals surface area contributed by atoms with E-state index in [2.05, 4.69) is 42.9 Å². The maximum absolute atomic E-state index is 5.39. The smallest absolute Gasteiger partial charge is 0.161 e. The van der Waals surface area contributed by atoms with Crippen molar-refractivity contribution in [2.45, 2.75) is 13.0 Å². The second kappa shape index (κ2) is 5.89. The van der Waals surface area contributed by atoms with Crippen molar-refractivity contribution in [3.8, 4) is 11.5 Å². The minimum atomic E-state index is 0.766. The molecule has 0 radical (unpaired) electrons. The second-order valence-electron chi connectivity index (χ2n) is 4.85. The predicted octanol–water partition coefficient (Wildman–Crippen LogP) is 2.82. The number of aromatic nitrogens is 2. The summed E-state index contributed by atoms with van der Waals surface area (Å²) in [5, 5.41) is 0. The molecule has 1 aromatic carbocycles. The number of benzene rings is 1. The summed E-state index contributed by atoms with van der Waals surface area (Å²) in [6.07, 6.45) is 2.53. The Bertz CT molecular complexity index is 663. The molecular formula is C15H16BrN3O2. The molecule has 0 bridgehead atoms. The van der Waals surface area contributed by atoms with Gasteiger partial charge in [0, 0.05) is 19.2 Å². The first-order chi connectivity index (χ1) is 10.2. The number of hydrogen-bond donors (Lipinski definition) is 0. The van der Waals surface area contributed by atoms with Crippen LogP contribution in [0.25, 0.3) is 0 Å². The number of halogens is 1. The van der Waals surface area contributed by atoms with Crippen molar-refractivity contribution in [2.75, 3.05) is 25.7 Å². The van der Waals surface area contributed by atoms with Crippen LogP contribution in [0, 0.1) is 0 Å². The Balaban J connectivity index is 1.91. The lowest BCUT2D eigenvalue weighted by Crippen LogP contribution is -2.31. The highest BCUT2D eigenvalue weighted by Gasteiger charge is 2.20. The average molecular weight is 350 g/mol. The molecule has 0 saturated heterocycles. The lowest BCUT2D eigenvalue weighted by Gasteiger charge is -2.30. The normalized spacial score (nSPS) is 13.8. The van der Waals surface area contributed by atoms with Crippen molar-refractivity contribution < 1.29 is 9.47 Å². The summed E-state index contributed by atoms with van der Waals surface area (Å²) in [7, 11) is 3.32. The Labute approximate surface area is 132 Å². The van der Waals surface area contributed by atoms with Gasteiger partial charge in [0.1, 0.15) is 16.7 Å². The van der Waals surface area contributed by atoms with Crippen LogP contribution in [-0.2, 0) is 13.0 Å². The largest absolute Gasteiger partial charge is 0.493 e. The van der Waals surface area contributed by atoms with Crippen LogP contribution in [0.1, 0.15) is 11.1 Å². The highest BCUT2D eigenvalue weighted by atomic mass is 79.9. The maximum atomic E-state index is 5.39. The Morgan fingerprint density at radius 3 is 2.43 bits per heavy atom. The molecule has 1 aliphatic heterocycles. The van der Waals surface area contributed by atoms with Crippen molar-refractivity contribution in [3.05, 3.63) is 40.3 Å². The van der Waals surface area contributed by atoms with Gasteiger partial charge in [-0.3, -0.25) is 0 Å². The molecular weight excluding hydrogens is 334 g/mol. The molecule has 21 heavy (non-hydrogen) atoms. The van der Waals surface area contributed by atoms with Crippen LogP contribution in [0.2, 0.25) is 0 Å². The number of fused-ring (bicyclic) bond motifs is 1. The molecule has 2 heterocycles. The minimum Gasteiger partial charge on any atom is -0.493 e. The fourth-order valence-corrected chi connectivity index (χ4v) is 2.87. The number of hydrogen-bond acceptors (Lipinski definition) is 5. The van der Waals surface area contributed by atoms with Gasteiger partial charge in [-0.2, -0.15) is 0 Å². The van der Waals surface area contributed by atoms with Gasteiger partial charge in [-0.1, -0.05) is 0 Å². The van der Waals surface area contributed by atoms with E-state index in [1.807, 2.05) is 6.07 Å². The highest BCUT2D eigenvalue weighted by Crippen LogP contribution is 2.34. The minimum absolute atomic E-state index is 0.766. The van der Waals surface area contributed by atoms with Crippen LogP contribution in [0.15, 0.2) is 29.1 Å². The maximum Gasteiger partial charge on any atom is 0.161 e. The summed E-state index contributed by atoms with van der Waals surface area (Å²) in [6, 6.07) is 6.06. The molecule has 110 valence electrons. The van der Waals surface area contributed by atoms with E-state index in [-0.39, 0.29) is 0 Å². The molecule has 3 rings (SSSR count). The Morgan fingerprint density at radius 1 is 1.05 bits per heavy atom. The molecule has 0 spiro atoms. The van der Waals surface area contributed by atoms with Crippen molar-refractivity contribution in [1.29, 1.82) is 0 Å². The molecule has 0 amide bonds. The van der Waals surface area contributed by atoms with E-state index in [4.69, 9.17) is 9.47 Å². The quantitative estimate of drug-likeness (QED) is 0.797. The van der Waals surface area contributed by atoms with Gasteiger partial charge in [0.05, 0.1) is 14.2 Å². The number of anilines is 1. The third-order valence-corrected chi connectivity index (χ3v) is 4.09. The fraction of sp³-hybridized carbons (Fsp3) is 0.333. The average Bonchev–Trinajstić information content (AvgIpc) is 2.53. The Hall–Kier alpha value is -1.82. The molecule has 5 nitrogen and oxygen atoms in total. The van der Waals surface area contributed by atoms with Gasteiger partial charge in [0.25, 0.3) is 0 Å². The summed E-state index contributed by atoms with van der Waals surface area (Å²) in [4.78, 5) is 10.6. The van der Waals surface area contributed by atoms with Gasteiger partial charge < -0.3 is 14.4 Å². The Morgan fingerprint density at radius 2 is 1.76 bits per heavy atom. The van der Waals surface area contributed by atoms with E-state index in [0.29, 0.717) is 0 Å². The SMILES string of the molecule is COc1cc2c(cc1OC)CN(c1cc(Br)ncn1)CC2. The predicted molar refractivity (Wildman–Crippen MR) is 84.0 cm³/mol. The van der Waals surface area contributed by atoms with E-state index in [1.165, 1.54) is 11.1 Å². The number of rotatable bonds is 3. The molecule has 1 aliphatic rings. The zero-order chi connectivity index (χ0) is 14.8. The van der Waals surface area contributed by atoms with E-state index in [9.17, 15) is 0 Å². The van der Waals surface area contributed by atoms with Gasteiger partial charge in [-0.05, 0) is 45.6 Å². The molecule has 0 N–H and O–H groups in total. The van der Waals surface area contributed by atoms with Crippen molar-refractivity contribution in [3.63, 3.8) is 0 Å². The van der Waals surface area contributed by atoms with E-state index < -0.39 is 0 Å². The summed E-state index contributed by atoms with van der Waals surface area (Å²) >= 11 is 3.39. The second-order valence-corrected chi connectivity index (χ2v) is 5.66. The van der Waals surface area contributed by atoms with Gasteiger partial charge in [-0.15, -0.1) is 0 Å². The molecule has 6 heteroatoms. The molecule has 1 aromatic heterocycles. The summed E-state index contributed by atoms with van der Waals surface area (Å²) in [5.74, 6) is 2.48. The van der Waals surface area contributed by atoms with Crippen molar-refractivity contribution >= 4 is 21.7 Å². The lowest BCUT2D eigenvalue weighted by molar-refractivity contribution is 0.353. The third-order valence-electron chi connectivity index (χ3n) is 3.66. The number of ether oxygens (including phenoxy) is 2. The first-order valence-electron chi connectivity index (χ1n) is 6.67. The van der Waals surface area contributed by atoms with Crippen LogP contribution in [-0.4, -0.2) is 30.7 Å². The molecule has 0 saturated carbocycles. The lowest BCUT2D eigenvalue weighted by atomic mass is 9.99. The van der Waals surface area contributed by atoms with Crippen LogP contribution < -0.4 is 14.4 Å². The molecule has 0 unspecified atom stereocenters. The molecule has 0 aliphatic carbocycles. The Kier molecular flexibility index (Phi) is 3.96. The van der Waals surface area contributed by atoms with Crippen molar-refractivity contribution in [1.82, 2.24) is 9.97 Å². The standard InChI is InChI=1S/C15H16BrN3O2/c1-20-12-5-10-3-4-19(8-11(10)6-13(12)21-2)15-7-14(16)17-9-18-15/h5-7,9H,3-4,8H2,1-2H3. The summed E-state index contributed by atoms with van der Waals surface area (Å²) in [6.45, 7) is 1.73. The van der Waals surface area contributed by atoms with Gasteiger partial charge in [0.2, 0.25) is 0 Å². The molecule has 2 aromatic rings. The summed E-state index contributed by atoms with van der Waals surface area (Å²) < 4.78 is 11.5. The zero-order valence-electron chi connectivity index (χ0n) is 12.0. The van der Waals surface area contributed by atoms with Crippen molar-refractivity contribution in [2.24, 2.45) is 0 Å². The first kappa shape index (κ1) is 14.1. The van der Waals surface area contributed by atoms with Crippen LogP contribution in [0.4, 0.5) is 5.82 Å². The van der Waals surface area contributed by atoms with E-state index in [1.54, 1.807) is 20.5 Å². The zero-order valence-corrected chi connectivity index (χ0v) is 13.6. The molecule has 0 fully saturated rings. The van der Waals surface area contributed by atoms with Gasteiger partial charge in [-0.25, -0.2) is 9.97 Å². The van der Waals surface area contributed by atoms with Gasteiger partial charge in [0.15, 0.2) is 11.5 Å². The van der Waals surface area contributed by atoms with E-state index >= 15 is 0 Å². The van der Waals surface area contributed by atoms with Crippen LogP contribution in [0.3, 0.4) is 0 Å². The first-order valence-corrected chi connectivity index (χ1v) is 7.47. The molecule has 0 atom stereocenters. The van der Waals surface area contributed by atoms with Crippen LogP contribution >= 0.6 is 15.9 Å².